The maximum Gasteiger partial charge on any atom is 0.427 e. The second-order valence-electron chi connectivity index (χ2n) is 6.42. The summed E-state index contributed by atoms with van der Waals surface area (Å²) in [6, 6.07) is 4.00. The van der Waals surface area contributed by atoms with E-state index in [0.717, 1.165) is 16.7 Å². The number of nitrogens with one attached hydrogen (secondary N) is 1. The van der Waals surface area contributed by atoms with Crippen LogP contribution >= 0.6 is 10.7 Å². The van der Waals surface area contributed by atoms with Crippen LogP contribution in [0.15, 0.2) is 12.1 Å². The minimum atomic E-state index is -4.18. The Morgan fingerprint density at radius 2 is 1.43 bits per heavy atom. The molecule has 0 radical (unpaired) electrons. The number of carbonyl (C=O) groups is 1. The van der Waals surface area contributed by atoms with Crippen molar-refractivity contribution in [1.82, 2.24) is 4.72 Å². The molecular formula is C16H24ClNO4S. The van der Waals surface area contributed by atoms with E-state index in [4.69, 9.17) is 15.4 Å². The standard InChI is InChI=1S/C16H24ClNO4S/c1-9(2)12-7-13(10(3)4)15(14(8-12)11(5)6)22-16(19)18-23(17,20)21/h7-11H,1-6H3,(H,18,19). The summed E-state index contributed by atoms with van der Waals surface area (Å²) < 4.78 is 28.8. The van der Waals surface area contributed by atoms with Crippen LogP contribution in [0.3, 0.4) is 0 Å². The highest BCUT2D eigenvalue weighted by Crippen LogP contribution is 2.37. The van der Waals surface area contributed by atoms with Gasteiger partial charge in [0.05, 0.1) is 0 Å². The van der Waals surface area contributed by atoms with Gasteiger partial charge in [0.2, 0.25) is 0 Å². The summed E-state index contributed by atoms with van der Waals surface area (Å²) in [5.41, 5.74) is 2.87. The summed E-state index contributed by atoms with van der Waals surface area (Å²) in [6.45, 7) is 12.2. The third-order valence-electron chi connectivity index (χ3n) is 3.48. The Morgan fingerprint density at radius 3 is 1.74 bits per heavy atom. The van der Waals surface area contributed by atoms with Gasteiger partial charge in [0, 0.05) is 10.7 Å². The molecule has 0 unspecified atom stereocenters. The lowest BCUT2D eigenvalue weighted by Crippen LogP contribution is -2.30. The van der Waals surface area contributed by atoms with Crippen LogP contribution in [0.25, 0.3) is 0 Å². The summed E-state index contributed by atoms with van der Waals surface area (Å²) in [7, 11) is 0.842. The van der Waals surface area contributed by atoms with Crippen molar-refractivity contribution >= 4 is 26.0 Å². The molecule has 0 heterocycles. The molecule has 1 rings (SSSR count). The zero-order valence-corrected chi connectivity index (χ0v) is 15.9. The number of hydrogen-bond donors (Lipinski definition) is 1. The molecule has 0 aliphatic rings. The summed E-state index contributed by atoms with van der Waals surface area (Å²) >= 11 is 0. The van der Waals surface area contributed by atoms with Crippen LogP contribution < -0.4 is 9.46 Å². The van der Waals surface area contributed by atoms with Crippen LogP contribution in [0.4, 0.5) is 4.79 Å². The van der Waals surface area contributed by atoms with Crippen LogP contribution in [0.2, 0.25) is 0 Å². The molecule has 1 amide bonds. The summed E-state index contributed by atoms with van der Waals surface area (Å²) in [6.07, 6.45) is -1.11. The Balaban J connectivity index is 3.40. The van der Waals surface area contributed by atoms with Gasteiger partial charge in [0.15, 0.2) is 0 Å². The number of halogens is 1. The fourth-order valence-electron chi connectivity index (χ4n) is 2.22. The van der Waals surface area contributed by atoms with Crippen LogP contribution in [0.5, 0.6) is 5.75 Å². The van der Waals surface area contributed by atoms with Gasteiger partial charge < -0.3 is 4.74 Å². The van der Waals surface area contributed by atoms with Crippen LogP contribution in [-0.4, -0.2) is 14.5 Å². The monoisotopic (exact) mass is 361 g/mol. The molecule has 0 saturated carbocycles. The van der Waals surface area contributed by atoms with Gasteiger partial charge in [0.25, 0.3) is 0 Å². The maximum atomic E-state index is 11.8. The second kappa shape index (κ2) is 7.53. The molecular weight excluding hydrogens is 338 g/mol. The van der Waals surface area contributed by atoms with Crippen molar-refractivity contribution in [3.63, 3.8) is 0 Å². The first-order valence-electron chi connectivity index (χ1n) is 7.54. The van der Waals surface area contributed by atoms with Crippen LogP contribution in [-0.2, 0) is 9.24 Å². The number of hydrogen-bond acceptors (Lipinski definition) is 4. The number of carbonyl (C=O) groups excluding carboxylic acids is 1. The lowest BCUT2D eigenvalue weighted by Gasteiger charge is -2.21. The van der Waals surface area contributed by atoms with E-state index in [-0.39, 0.29) is 11.8 Å². The van der Waals surface area contributed by atoms with E-state index in [1.165, 1.54) is 0 Å². The topological polar surface area (TPSA) is 72.5 Å². The molecule has 0 aromatic heterocycles. The van der Waals surface area contributed by atoms with E-state index in [1.807, 2.05) is 39.8 Å². The SMILES string of the molecule is CC(C)c1cc(C(C)C)c(OC(=O)NS(=O)(=O)Cl)c(C(C)C)c1. The number of amides is 1. The zero-order valence-electron chi connectivity index (χ0n) is 14.3. The Bertz CT molecular complexity index is 652. The first-order chi connectivity index (χ1) is 10.4. The smallest absolute Gasteiger partial charge is 0.409 e. The third-order valence-corrected chi connectivity index (χ3v) is 4.12. The van der Waals surface area contributed by atoms with Gasteiger partial charge in [-0.2, -0.15) is 8.42 Å². The molecule has 23 heavy (non-hydrogen) atoms. The molecule has 0 spiro atoms. The van der Waals surface area contributed by atoms with E-state index in [1.54, 1.807) is 4.72 Å². The zero-order chi connectivity index (χ0) is 17.9. The van der Waals surface area contributed by atoms with E-state index in [9.17, 15) is 13.2 Å². The molecule has 0 atom stereocenters. The van der Waals surface area contributed by atoms with Crippen molar-refractivity contribution in [3.8, 4) is 5.75 Å². The van der Waals surface area contributed by atoms with E-state index in [0.29, 0.717) is 11.7 Å². The molecule has 5 nitrogen and oxygen atoms in total. The molecule has 1 N–H and O–H groups in total. The molecule has 0 fully saturated rings. The number of benzene rings is 1. The lowest BCUT2D eigenvalue weighted by molar-refractivity contribution is 0.206. The van der Waals surface area contributed by atoms with E-state index in [2.05, 4.69) is 13.8 Å². The molecule has 0 saturated heterocycles. The van der Waals surface area contributed by atoms with Gasteiger partial charge in [0.1, 0.15) is 5.75 Å². The first kappa shape index (κ1) is 19.8. The predicted molar refractivity (Wildman–Crippen MR) is 92.6 cm³/mol. The maximum absolute atomic E-state index is 11.8. The highest BCUT2D eigenvalue weighted by atomic mass is 35.7. The van der Waals surface area contributed by atoms with Crippen molar-refractivity contribution in [1.29, 1.82) is 0 Å². The van der Waals surface area contributed by atoms with Gasteiger partial charge in [-0.1, -0.05) is 53.7 Å². The number of ether oxygens (including phenoxy) is 1. The fraction of sp³-hybridized carbons (Fsp3) is 0.562. The first-order valence-corrected chi connectivity index (χ1v) is 9.85. The van der Waals surface area contributed by atoms with Crippen LogP contribution in [0, 0.1) is 0 Å². The van der Waals surface area contributed by atoms with Gasteiger partial charge in [-0.05, 0) is 34.4 Å². The van der Waals surface area contributed by atoms with Crippen molar-refractivity contribution < 1.29 is 17.9 Å². The summed E-state index contributed by atoms with van der Waals surface area (Å²) in [4.78, 5) is 11.8. The Labute approximate surface area is 142 Å². The second-order valence-corrected chi connectivity index (χ2v) is 8.72. The molecule has 130 valence electrons. The minimum Gasteiger partial charge on any atom is -0.409 e. The minimum absolute atomic E-state index is 0.113. The van der Waals surface area contributed by atoms with Gasteiger partial charge in [-0.3, -0.25) is 0 Å². The predicted octanol–water partition coefficient (Wildman–Crippen LogP) is 4.63. The molecule has 0 bridgehead atoms. The third kappa shape index (κ3) is 5.70. The van der Waals surface area contributed by atoms with Crippen molar-refractivity contribution in [2.75, 3.05) is 0 Å². The normalized spacial score (nSPS) is 12.1. The quantitative estimate of drug-likeness (QED) is 0.776. The van der Waals surface area contributed by atoms with Gasteiger partial charge in [-0.25, -0.2) is 9.52 Å². The van der Waals surface area contributed by atoms with Crippen molar-refractivity contribution in [2.45, 2.75) is 59.3 Å². The van der Waals surface area contributed by atoms with Crippen LogP contribution in [0.1, 0.15) is 76.0 Å². The fourth-order valence-corrected chi connectivity index (χ4v) is 2.65. The Kier molecular flexibility index (Phi) is 6.48. The molecule has 1 aromatic rings. The number of rotatable bonds is 5. The van der Waals surface area contributed by atoms with E-state index >= 15 is 0 Å². The highest BCUT2D eigenvalue weighted by Gasteiger charge is 2.22. The molecule has 7 heteroatoms. The average molecular weight is 362 g/mol. The lowest BCUT2D eigenvalue weighted by atomic mass is 9.88. The highest BCUT2D eigenvalue weighted by molar-refractivity contribution is 8.12. The Morgan fingerprint density at radius 1 is 1.00 bits per heavy atom. The van der Waals surface area contributed by atoms with Gasteiger partial charge >= 0.3 is 15.3 Å². The molecule has 1 aromatic carbocycles. The largest absolute Gasteiger partial charge is 0.427 e. The Hall–Kier alpha value is -1.27. The summed E-state index contributed by atoms with van der Waals surface area (Å²) in [5.74, 6) is 0.955. The summed E-state index contributed by atoms with van der Waals surface area (Å²) in [5, 5.41) is 0. The van der Waals surface area contributed by atoms with Gasteiger partial charge in [-0.15, -0.1) is 0 Å². The average Bonchev–Trinajstić information content (AvgIpc) is 2.35. The van der Waals surface area contributed by atoms with E-state index < -0.39 is 15.3 Å². The molecule has 0 aliphatic carbocycles. The van der Waals surface area contributed by atoms with Crippen molar-refractivity contribution in [2.24, 2.45) is 0 Å². The van der Waals surface area contributed by atoms with Crippen molar-refractivity contribution in [3.05, 3.63) is 28.8 Å². The molecule has 0 aliphatic heterocycles.